The van der Waals surface area contributed by atoms with Gasteiger partial charge in [-0.3, -0.25) is 4.79 Å². The highest BCUT2D eigenvalue weighted by molar-refractivity contribution is 6.01. The van der Waals surface area contributed by atoms with Gasteiger partial charge in [-0.1, -0.05) is 0 Å². The van der Waals surface area contributed by atoms with Crippen LogP contribution in [0.25, 0.3) is 6.08 Å². The lowest BCUT2D eigenvalue weighted by Crippen LogP contribution is -2.12. The topological polar surface area (TPSA) is 94.6 Å². The van der Waals surface area contributed by atoms with Gasteiger partial charge in [-0.05, 0) is 12.1 Å². The molecule has 6 heteroatoms. The molecule has 1 aromatic rings. The maximum Gasteiger partial charge on any atom is 0.259 e. The molecule has 0 fully saturated rings. The number of rotatable bonds is 5. The third-order valence-electron chi connectivity index (χ3n) is 2.42. The van der Waals surface area contributed by atoms with Gasteiger partial charge in [-0.15, -0.1) is 0 Å². The molecule has 0 heterocycles. The Labute approximate surface area is 111 Å². The van der Waals surface area contributed by atoms with Crippen molar-refractivity contribution in [2.75, 3.05) is 21.3 Å². The summed E-state index contributed by atoms with van der Waals surface area (Å²) in [4.78, 5) is 11.0. The van der Waals surface area contributed by atoms with Crippen LogP contribution < -0.4 is 19.9 Å². The summed E-state index contributed by atoms with van der Waals surface area (Å²) in [6.45, 7) is 0. The molecule has 2 N–H and O–H groups in total. The molecule has 0 aliphatic heterocycles. The molecule has 0 aliphatic rings. The Hall–Kier alpha value is -2.68. The van der Waals surface area contributed by atoms with E-state index in [0.29, 0.717) is 22.8 Å². The number of amides is 1. The van der Waals surface area contributed by atoms with Crippen LogP contribution in [0.4, 0.5) is 0 Å². The fourth-order valence-corrected chi connectivity index (χ4v) is 1.48. The van der Waals surface area contributed by atoms with Crippen molar-refractivity contribution >= 4 is 12.0 Å². The fraction of sp³-hybridized carbons (Fsp3) is 0.231. The zero-order valence-corrected chi connectivity index (χ0v) is 10.9. The number of nitrogens with zero attached hydrogens (tertiary/aromatic N) is 1. The molecular weight excluding hydrogens is 248 g/mol. The van der Waals surface area contributed by atoms with E-state index in [0.717, 1.165) is 0 Å². The number of primary amides is 1. The number of hydrogen-bond acceptors (Lipinski definition) is 5. The molecule has 0 radical (unpaired) electrons. The number of carbonyl (C=O) groups excluding carboxylic acids is 1. The van der Waals surface area contributed by atoms with E-state index >= 15 is 0 Å². The Bertz CT molecular complexity index is 558. The molecule has 0 bridgehead atoms. The number of ether oxygens (including phenoxy) is 3. The predicted octanol–water partition coefficient (Wildman–Crippen LogP) is 1.10. The fourth-order valence-electron chi connectivity index (χ4n) is 1.48. The summed E-state index contributed by atoms with van der Waals surface area (Å²) in [5.41, 5.74) is 5.41. The van der Waals surface area contributed by atoms with Crippen molar-refractivity contribution in [3.8, 4) is 23.3 Å². The van der Waals surface area contributed by atoms with E-state index in [1.807, 2.05) is 0 Å². The molecule has 0 spiro atoms. The van der Waals surface area contributed by atoms with Crippen LogP contribution in [-0.4, -0.2) is 27.2 Å². The summed E-state index contributed by atoms with van der Waals surface area (Å²) in [6.07, 6.45) is 1.34. The van der Waals surface area contributed by atoms with E-state index in [2.05, 4.69) is 0 Å². The van der Waals surface area contributed by atoms with E-state index in [1.54, 1.807) is 18.2 Å². The van der Waals surface area contributed by atoms with Crippen LogP contribution >= 0.6 is 0 Å². The maximum atomic E-state index is 11.0. The Morgan fingerprint density at radius 3 is 2.11 bits per heavy atom. The van der Waals surface area contributed by atoms with Gasteiger partial charge in [0.1, 0.15) is 17.4 Å². The molecule has 1 amide bonds. The van der Waals surface area contributed by atoms with Gasteiger partial charge in [0.05, 0.1) is 21.3 Å². The van der Waals surface area contributed by atoms with Crippen LogP contribution in [-0.2, 0) is 4.79 Å². The van der Waals surface area contributed by atoms with Crippen LogP contribution in [0.5, 0.6) is 17.2 Å². The van der Waals surface area contributed by atoms with Crippen molar-refractivity contribution in [3.05, 3.63) is 23.3 Å². The molecule has 100 valence electrons. The van der Waals surface area contributed by atoms with E-state index in [-0.39, 0.29) is 5.57 Å². The van der Waals surface area contributed by atoms with Gasteiger partial charge < -0.3 is 19.9 Å². The number of benzene rings is 1. The minimum absolute atomic E-state index is 0.175. The van der Waals surface area contributed by atoms with Gasteiger partial charge in [0.2, 0.25) is 0 Å². The zero-order valence-electron chi connectivity index (χ0n) is 10.9. The lowest BCUT2D eigenvalue weighted by Gasteiger charge is -2.12. The Morgan fingerprint density at radius 2 is 1.68 bits per heavy atom. The average Bonchev–Trinajstić information content (AvgIpc) is 2.43. The van der Waals surface area contributed by atoms with E-state index < -0.39 is 5.91 Å². The van der Waals surface area contributed by atoms with Crippen LogP contribution in [0.1, 0.15) is 5.56 Å². The Balaban J connectivity index is 3.42. The number of carbonyl (C=O) groups is 1. The summed E-state index contributed by atoms with van der Waals surface area (Å²) < 4.78 is 15.4. The monoisotopic (exact) mass is 262 g/mol. The molecule has 0 saturated heterocycles. The van der Waals surface area contributed by atoms with Crippen molar-refractivity contribution in [3.63, 3.8) is 0 Å². The molecule has 0 aliphatic carbocycles. The third kappa shape index (κ3) is 3.16. The van der Waals surface area contributed by atoms with Gasteiger partial charge in [0, 0.05) is 11.6 Å². The molecule has 19 heavy (non-hydrogen) atoms. The van der Waals surface area contributed by atoms with Gasteiger partial charge in [-0.2, -0.15) is 5.26 Å². The van der Waals surface area contributed by atoms with Crippen molar-refractivity contribution in [2.24, 2.45) is 5.73 Å². The van der Waals surface area contributed by atoms with Crippen molar-refractivity contribution in [2.45, 2.75) is 0 Å². The first-order valence-electron chi connectivity index (χ1n) is 5.29. The second kappa shape index (κ2) is 6.31. The second-order valence-electron chi connectivity index (χ2n) is 3.48. The molecule has 0 saturated carbocycles. The molecule has 0 atom stereocenters. The highest BCUT2D eigenvalue weighted by Gasteiger charge is 2.12. The third-order valence-corrected chi connectivity index (χ3v) is 2.42. The zero-order chi connectivity index (χ0) is 14.4. The summed E-state index contributed by atoms with van der Waals surface area (Å²) in [5.74, 6) is 0.566. The van der Waals surface area contributed by atoms with Crippen LogP contribution in [0, 0.1) is 11.3 Å². The van der Waals surface area contributed by atoms with E-state index in [9.17, 15) is 4.79 Å². The standard InChI is InChI=1S/C13H14N2O4/c1-17-10-6-12(19-3)11(18-2)5-8(10)4-9(7-14)13(15)16/h4-6H,1-3H3,(H2,15,16)/b9-4-. The summed E-state index contributed by atoms with van der Waals surface area (Å²) >= 11 is 0. The smallest absolute Gasteiger partial charge is 0.259 e. The molecule has 6 nitrogen and oxygen atoms in total. The highest BCUT2D eigenvalue weighted by Crippen LogP contribution is 2.35. The number of nitriles is 1. The molecule has 0 unspecified atom stereocenters. The average molecular weight is 262 g/mol. The maximum absolute atomic E-state index is 11.0. The van der Waals surface area contributed by atoms with Crippen LogP contribution in [0.15, 0.2) is 17.7 Å². The van der Waals surface area contributed by atoms with Gasteiger partial charge in [0.15, 0.2) is 11.5 Å². The van der Waals surface area contributed by atoms with Crippen molar-refractivity contribution < 1.29 is 19.0 Å². The quantitative estimate of drug-likeness (QED) is 0.633. The highest BCUT2D eigenvalue weighted by atomic mass is 16.5. The predicted molar refractivity (Wildman–Crippen MR) is 68.9 cm³/mol. The summed E-state index contributed by atoms with van der Waals surface area (Å²) in [7, 11) is 4.45. The van der Waals surface area contributed by atoms with Crippen LogP contribution in [0.2, 0.25) is 0 Å². The number of methoxy groups -OCH3 is 3. The summed E-state index contributed by atoms with van der Waals surface area (Å²) in [6, 6.07) is 4.92. The number of hydrogen-bond donors (Lipinski definition) is 1. The van der Waals surface area contributed by atoms with Gasteiger partial charge in [-0.25, -0.2) is 0 Å². The van der Waals surface area contributed by atoms with Crippen LogP contribution in [0.3, 0.4) is 0 Å². The lowest BCUT2D eigenvalue weighted by atomic mass is 10.1. The first-order valence-corrected chi connectivity index (χ1v) is 5.29. The van der Waals surface area contributed by atoms with Crippen molar-refractivity contribution in [1.82, 2.24) is 0 Å². The minimum Gasteiger partial charge on any atom is -0.496 e. The first-order chi connectivity index (χ1) is 9.07. The molecule has 1 aromatic carbocycles. The Morgan fingerprint density at radius 1 is 1.16 bits per heavy atom. The van der Waals surface area contributed by atoms with Crippen molar-refractivity contribution in [1.29, 1.82) is 5.26 Å². The Kier molecular flexibility index (Phi) is 4.77. The molecular formula is C13H14N2O4. The van der Waals surface area contributed by atoms with Gasteiger partial charge in [0.25, 0.3) is 5.91 Å². The van der Waals surface area contributed by atoms with E-state index in [1.165, 1.54) is 27.4 Å². The van der Waals surface area contributed by atoms with E-state index in [4.69, 9.17) is 25.2 Å². The number of nitrogens with two attached hydrogens (primary N) is 1. The minimum atomic E-state index is -0.806. The largest absolute Gasteiger partial charge is 0.496 e. The molecule has 0 aromatic heterocycles. The second-order valence-corrected chi connectivity index (χ2v) is 3.48. The molecule has 1 rings (SSSR count). The SMILES string of the molecule is COc1cc(OC)c(OC)cc1/C=C(/C#N)C(N)=O. The van der Waals surface area contributed by atoms with Gasteiger partial charge >= 0.3 is 0 Å². The first kappa shape index (κ1) is 14.4. The summed E-state index contributed by atoms with van der Waals surface area (Å²) in [5, 5.41) is 8.83. The normalized spacial score (nSPS) is 10.5. The lowest BCUT2D eigenvalue weighted by molar-refractivity contribution is -0.114.